The first kappa shape index (κ1) is 8.00. The van der Waals surface area contributed by atoms with E-state index in [0.29, 0.717) is 12.4 Å². The lowest BCUT2D eigenvalue weighted by molar-refractivity contribution is 0.250. The number of ether oxygens (including phenoxy) is 1. The Morgan fingerprint density at radius 2 is 2.45 bits per heavy atom. The van der Waals surface area contributed by atoms with Gasteiger partial charge in [-0.2, -0.15) is 4.98 Å². The summed E-state index contributed by atoms with van der Waals surface area (Å²) in [6.07, 6.45) is 1.81. The molecule has 62 valence electrons. The standard InChI is InChI=1S/C6H11N3O2/c1-10-6-8-5(9-11-6)3-2-4-7/h2-4,7H2,1H3. The Hall–Kier alpha value is -1.10. The van der Waals surface area contributed by atoms with Gasteiger partial charge in [-0.15, -0.1) is 0 Å². The number of hydrogen-bond donors (Lipinski definition) is 1. The molecule has 5 nitrogen and oxygen atoms in total. The predicted molar refractivity (Wildman–Crippen MR) is 38.2 cm³/mol. The molecule has 2 N–H and O–H groups in total. The van der Waals surface area contributed by atoms with E-state index in [9.17, 15) is 0 Å². The molecule has 0 spiro atoms. The summed E-state index contributed by atoms with van der Waals surface area (Å²) in [5, 5.41) is 3.66. The van der Waals surface area contributed by atoms with Crippen molar-refractivity contribution in [3.8, 4) is 6.08 Å². The van der Waals surface area contributed by atoms with Gasteiger partial charge in [0, 0.05) is 6.42 Å². The van der Waals surface area contributed by atoms with Gasteiger partial charge in [0.05, 0.1) is 7.11 Å². The van der Waals surface area contributed by atoms with Crippen molar-refractivity contribution in [3.05, 3.63) is 5.82 Å². The highest BCUT2D eigenvalue weighted by Gasteiger charge is 2.03. The van der Waals surface area contributed by atoms with Crippen molar-refractivity contribution in [1.82, 2.24) is 10.1 Å². The quantitative estimate of drug-likeness (QED) is 0.664. The number of aromatic nitrogens is 2. The molecule has 0 bridgehead atoms. The zero-order chi connectivity index (χ0) is 8.10. The van der Waals surface area contributed by atoms with E-state index >= 15 is 0 Å². The molecule has 0 atom stereocenters. The first-order valence-electron chi connectivity index (χ1n) is 3.43. The molecule has 1 rings (SSSR count). The van der Waals surface area contributed by atoms with Crippen molar-refractivity contribution < 1.29 is 9.26 Å². The maximum absolute atomic E-state index is 5.30. The Kier molecular flexibility index (Phi) is 2.85. The molecule has 0 unspecified atom stereocenters. The predicted octanol–water partition coefficient (Wildman–Crippen LogP) is -0.0305. The second-order valence-corrected chi connectivity index (χ2v) is 2.07. The number of nitrogens with zero attached hydrogens (tertiary/aromatic N) is 2. The molecule has 0 aliphatic heterocycles. The molecule has 0 aliphatic carbocycles. The molecule has 1 heterocycles. The van der Waals surface area contributed by atoms with Crippen molar-refractivity contribution in [1.29, 1.82) is 0 Å². The highest BCUT2D eigenvalue weighted by atomic mass is 16.6. The Labute approximate surface area is 64.5 Å². The summed E-state index contributed by atoms with van der Waals surface area (Å²) in [7, 11) is 1.49. The Morgan fingerprint density at radius 1 is 1.64 bits per heavy atom. The van der Waals surface area contributed by atoms with Gasteiger partial charge in [-0.3, -0.25) is 4.52 Å². The second kappa shape index (κ2) is 3.92. The van der Waals surface area contributed by atoms with Crippen molar-refractivity contribution in [2.75, 3.05) is 13.7 Å². The van der Waals surface area contributed by atoms with Crippen LogP contribution >= 0.6 is 0 Å². The number of nitrogens with two attached hydrogens (primary N) is 1. The van der Waals surface area contributed by atoms with Crippen LogP contribution in [0.3, 0.4) is 0 Å². The number of methoxy groups -OCH3 is 1. The normalized spacial score (nSPS) is 10.0. The summed E-state index contributed by atoms with van der Waals surface area (Å²) in [4.78, 5) is 3.91. The molecule has 1 aromatic heterocycles. The smallest absolute Gasteiger partial charge is 0.417 e. The summed E-state index contributed by atoms with van der Waals surface area (Å²) in [5.41, 5.74) is 5.30. The van der Waals surface area contributed by atoms with E-state index in [1.807, 2.05) is 0 Å². The van der Waals surface area contributed by atoms with E-state index in [-0.39, 0.29) is 6.08 Å². The molecule has 0 aromatic carbocycles. The minimum atomic E-state index is 0.206. The summed E-state index contributed by atoms with van der Waals surface area (Å²) in [5.74, 6) is 0.646. The Bertz CT molecular complexity index is 211. The third-order valence-corrected chi connectivity index (χ3v) is 1.23. The van der Waals surface area contributed by atoms with Crippen LogP contribution in [0.2, 0.25) is 0 Å². The molecule has 5 heteroatoms. The molecule has 0 amide bonds. The summed E-state index contributed by atoms with van der Waals surface area (Å²) in [6.45, 7) is 0.636. The van der Waals surface area contributed by atoms with Crippen LogP contribution < -0.4 is 10.5 Å². The Balaban J connectivity index is 2.44. The maximum atomic E-state index is 5.30. The average Bonchev–Trinajstić information content (AvgIpc) is 2.48. The van der Waals surface area contributed by atoms with Gasteiger partial charge in [0.2, 0.25) is 0 Å². The van der Waals surface area contributed by atoms with E-state index in [0.717, 1.165) is 12.8 Å². The first-order chi connectivity index (χ1) is 5.36. The fraction of sp³-hybridized carbons (Fsp3) is 0.667. The Morgan fingerprint density at radius 3 is 3.00 bits per heavy atom. The van der Waals surface area contributed by atoms with Crippen LogP contribution in [-0.2, 0) is 6.42 Å². The lowest BCUT2D eigenvalue weighted by Crippen LogP contribution is -2.01. The van der Waals surface area contributed by atoms with Gasteiger partial charge in [0.25, 0.3) is 0 Å². The van der Waals surface area contributed by atoms with E-state index in [1.165, 1.54) is 7.11 Å². The van der Waals surface area contributed by atoms with Crippen LogP contribution in [0.15, 0.2) is 4.52 Å². The minimum absolute atomic E-state index is 0.206. The fourth-order valence-electron chi connectivity index (χ4n) is 0.683. The molecule has 0 saturated heterocycles. The zero-order valence-corrected chi connectivity index (χ0v) is 6.41. The lowest BCUT2D eigenvalue weighted by Gasteiger charge is -1.87. The SMILES string of the molecule is COc1nc(CCCN)no1. The van der Waals surface area contributed by atoms with E-state index in [2.05, 4.69) is 14.7 Å². The van der Waals surface area contributed by atoms with Crippen LogP contribution in [0.4, 0.5) is 0 Å². The molecule has 0 fully saturated rings. The fourth-order valence-corrected chi connectivity index (χ4v) is 0.683. The summed E-state index contributed by atoms with van der Waals surface area (Å²) >= 11 is 0. The third-order valence-electron chi connectivity index (χ3n) is 1.23. The molecular formula is C6H11N3O2. The van der Waals surface area contributed by atoms with Gasteiger partial charge in [-0.05, 0) is 13.0 Å². The molecule has 1 aromatic rings. The van der Waals surface area contributed by atoms with Crippen LogP contribution in [0.1, 0.15) is 12.2 Å². The van der Waals surface area contributed by atoms with Gasteiger partial charge < -0.3 is 10.5 Å². The highest BCUT2D eigenvalue weighted by Crippen LogP contribution is 2.05. The lowest BCUT2D eigenvalue weighted by atomic mass is 10.3. The van der Waals surface area contributed by atoms with E-state index in [1.54, 1.807) is 0 Å². The number of hydrogen-bond acceptors (Lipinski definition) is 5. The topological polar surface area (TPSA) is 74.2 Å². The van der Waals surface area contributed by atoms with Gasteiger partial charge in [0.1, 0.15) is 0 Å². The summed E-state index contributed by atoms with van der Waals surface area (Å²) < 4.78 is 9.39. The van der Waals surface area contributed by atoms with E-state index in [4.69, 9.17) is 10.5 Å². The van der Waals surface area contributed by atoms with Crippen LogP contribution in [0.5, 0.6) is 6.08 Å². The van der Waals surface area contributed by atoms with E-state index < -0.39 is 0 Å². The largest absolute Gasteiger partial charge is 0.452 e. The molecule has 11 heavy (non-hydrogen) atoms. The van der Waals surface area contributed by atoms with Crippen LogP contribution in [0, 0.1) is 0 Å². The molecule has 0 radical (unpaired) electrons. The number of aryl methyl sites for hydroxylation is 1. The second-order valence-electron chi connectivity index (χ2n) is 2.07. The van der Waals surface area contributed by atoms with Gasteiger partial charge in [0.15, 0.2) is 5.82 Å². The number of rotatable bonds is 4. The van der Waals surface area contributed by atoms with Gasteiger partial charge in [-0.1, -0.05) is 5.16 Å². The average molecular weight is 157 g/mol. The van der Waals surface area contributed by atoms with Crippen LogP contribution in [0.25, 0.3) is 0 Å². The molecular weight excluding hydrogens is 146 g/mol. The molecule has 0 aliphatic rings. The van der Waals surface area contributed by atoms with Crippen molar-refractivity contribution >= 4 is 0 Å². The van der Waals surface area contributed by atoms with Gasteiger partial charge in [-0.25, -0.2) is 0 Å². The highest BCUT2D eigenvalue weighted by molar-refractivity contribution is 4.89. The monoisotopic (exact) mass is 157 g/mol. The van der Waals surface area contributed by atoms with Crippen molar-refractivity contribution in [2.24, 2.45) is 5.73 Å². The van der Waals surface area contributed by atoms with Gasteiger partial charge >= 0.3 is 6.08 Å². The third kappa shape index (κ3) is 2.19. The zero-order valence-electron chi connectivity index (χ0n) is 6.41. The summed E-state index contributed by atoms with van der Waals surface area (Å²) in [6, 6.07) is 0. The van der Waals surface area contributed by atoms with Crippen molar-refractivity contribution in [3.63, 3.8) is 0 Å². The minimum Gasteiger partial charge on any atom is -0.452 e. The molecule has 0 saturated carbocycles. The van der Waals surface area contributed by atoms with Crippen molar-refractivity contribution in [2.45, 2.75) is 12.8 Å². The maximum Gasteiger partial charge on any atom is 0.417 e. The van der Waals surface area contributed by atoms with Crippen LogP contribution in [-0.4, -0.2) is 23.8 Å². The first-order valence-corrected chi connectivity index (χ1v) is 3.43.